The number of nitrogens with one attached hydrogen (secondary N) is 1. The first-order chi connectivity index (χ1) is 6.68. The van der Waals surface area contributed by atoms with E-state index in [1.165, 1.54) is 5.56 Å². The summed E-state index contributed by atoms with van der Waals surface area (Å²) in [5.74, 6) is 1.41. The quantitative estimate of drug-likeness (QED) is 0.670. The molecule has 76 valence electrons. The number of rotatable bonds is 1. The molecule has 0 bridgehead atoms. The molecule has 0 saturated heterocycles. The molecule has 0 aromatic heterocycles. The number of hydrogen-bond donors (Lipinski definition) is 2. The Kier molecular flexibility index (Phi) is 2.23. The highest BCUT2D eigenvalue weighted by Gasteiger charge is 2.16. The number of benzene rings is 1. The third-order valence-electron chi connectivity index (χ3n) is 2.43. The largest absolute Gasteiger partial charge is 0.489 e. The zero-order valence-electron chi connectivity index (χ0n) is 8.63. The Hall–Kier alpha value is -1.38. The lowest BCUT2D eigenvalue weighted by molar-refractivity contribution is 0.318. The monoisotopic (exact) mass is 192 g/mol. The Morgan fingerprint density at radius 2 is 2.21 bits per heavy atom. The molecule has 3 nitrogen and oxygen atoms in total. The van der Waals surface area contributed by atoms with Crippen LogP contribution in [0.25, 0.3) is 0 Å². The molecule has 0 aliphatic carbocycles. The van der Waals surface area contributed by atoms with E-state index in [2.05, 4.69) is 19.2 Å². The molecule has 0 radical (unpaired) electrons. The van der Waals surface area contributed by atoms with Gasteiger partial charge in [0.1, 0.15) is 12.4 Å². The van der Waals surface area contributed by atoms with Crippen LogP contribution in [0.3, 0.4) is 0 Å². The molecular formula is C11H16N2O. The standard InChI is InChI=1S/C11H16N2O/c1-7(2)9-5-8(12)6-10-11(9)14-4-3-13-10/h5-7,13H,3-4,12H2,1-2H3. The summed E-state index contributed by atoms with van der Waals surface area (Å²) in [6, 6.07) is 3.93. The van der Waals surface area contributed by atoms with E-state index in [0.717, 1.165) is 30.3 Å². The maximum atomic E-state index is 5.82. The molecule has 0 fully saturated rings. The minimum atomic E-state index is 0.437. The van der Waals surface area contributed by atoms with Crippen molar-refractivity contribution in [3.05, 3.63) is 17.7 Å². The predicted octanol–water partition coefficient (Wildman–Crippen LogP) is 2.20. The molecule has 2 rings (SSSR count). The SMILES string of the molecule is CC(C)c1cc(N)cc2c1OCCN2. The molecule has 1 aliphatic rings. The molecular weight excluding hydrogens is 176 g/mol. The highest BCUT2D eigenvalue weighted by atomic mass is 16.5. The van der Waals surface area contributed by atoms with Crippen molar-refractivity contribution in [1.82, 2.24) is 0 Å². The zero-order chi connectivity index (χ0) is 10.1. The average molecular weight is 192 g/mol. The van der Waals surface area contributed by atoms with Crippen molar-refractivity contribution in [3.8, 4) is 5.75 Å². The van der Waals surface area contributed by atoms with E-state index in [4.69, 9.17) is 10.5 Å². The van der Waals surface area contributed by atoms with Crippen LogP contribution in [-0.2, 0) is 0 Å². The van der Waals surface area contributed by atoms with Gasteiger partial charge in [0.15, 0.2) is 0 Å². The lowest BCUT2D eigenvalue weighted by Gasteiger charge is -2.23. The smallest absolute Gasteiger partial charge is 0.146 e. The van der Waals surface area contributed by atoms with Gasteiger partial charge in [-0.05, 0) is 18.1 Å². The molecule has 0 unspecified atom stereocenters. The van der Waals surface area contributed by atoms with E-state index < -0.39 is 0 Å². The van der Waals surface area contributed by atoms with Crippen molar-refractivity contribution in [2.45, 2.75) is 19.8 Å². The summed E-state index contributed by atoms with van der Waals surface area (Å²) in [6.07, 6.45) is 0. The van der Waals surface area contributed by atoms with E-state index in [1.807, 2.05) is 12.1 Å². The second-order valence-electron chi connectivity index (χ2n) is 3.92. The van der Waals surface area contributed by atoms with Gasteiger partial charge < -0.3 is 15.8 Å². The second kappa shape index (κ2) is 3.40. The highest BCUT2D eigenvalue weighted by molar-refractivity contribution is 5.68. The van der Waals surface area contributed by atoms with Gasteiger partial charge in [0, 0.05) is 17.8 Å². The third kappa shape index (κ3) is 1.50. The Morgan fingerprint density at radius 1 is 1.43 bits per heavy atom. The van der Waals surface area contributed by atoms with Gasteiger partial charge in [0.25, 0.3) is 0 Å². The van der Waals surface area contributed by atoms with E-state index in [1.54, 1.807) is 0 Å². The summed E-state index contributed by atoms with van der Waals surface area (Å²) in [5.41, 5.74) is 8.84. The Morgan fingerprint density at radius 3 is 2.93 bits per heavy atom. The van der Waals surface area contributed by atoms with E-state index in [9.17, 15) is 0 Å². The van der Waals surface area contributed by atoms with Crippen molar-refractivity contribution in [1.29, 1.82) is 0 Å². The van der Waals surface area contributed by atoms with Crippen LogP contribution in [0, 0.1) is 0 Å². The van der Waals surface area contributed by atoms with Gasteiger partial charge in [0.05, 0.1) is 5.69 Å². The zero-order valence-corrected chi connectivity index (χ0v) is 8.63. The van der Waals surface area contributed by atoms with Crippen LogP contribution in [0.2, 0.25) is 0 Å². The minimum absolute atomic E-state index is 0.437. The number of hydrogen-bond acceptors (Lipinski definition) is 3. The van der Waals surface area contributed by atoms with Crippen LogP contribution in [0.15, 0.2) is 12.1 Å². The first-order valence-electron chi connectivity index (χ1n) is 4.98. The molecule has 1 aromatic carbocycles. The maximum Gasteiger partial charge on any atom is 0.146 e. The van der Waals surface area contributed by atoms with Crippen molar-refractivity contribution in [2.24, 2.45) is 0 Å². The fourth-order valence-electron chi connectivity index (χ4n) is 1.73. The number of anilines is 2. The normalized spacial score (nSPS) is 14.5. The lowest BCUT2D eigenvalue weighted by Crippen LogP contribution is -2.19. The second-order valence-corrected chi connectivity index (χ2v) is 3.92. The van der Waals surface area contributed by atoms with Crippen LogP contribution in [-0.4, -0.2) is 13.2 Å². The summed E-state index contributed by atoms with van der Waals surface area (Å²) in [7, 11) is 0. The first-order valence-corrected chi connectivity index (χ1v) is 4.98. The van der Waals surface area contributed by atoms with Crippen molar-refractivity contribution < 1.29 is 4.74 Å². The van der Waals surface area contributed by atoms with Gasteiger partial charge in [-0.25, -0.2) is 0 Å². The number of nitrogens with two attached hydrogens (primary N) is 1. The average Bonchev–Trinajstić information content (AvgIpc) is 2.16. The van der Waals surface area contributed by atoms with Crippen molar-refractivity contribution in [3.63, 3.8) is 0 Å². The number of ether oxygens (including phenoxy) is 1. The summed E-state index contributed by atoms with van der Waals surface area (Å²) < 4.78 is 5.65. The summed E-state index contributed by atoms with van der Waals surface area (Å²) in [6.45, 7) is 5.88. The van der Waals surface area contributed by atoms with Gasteiger partial charge in [-0.2, -0.15) is 0 Å². The molecule has 0 spiro atoms. The summed E-state index contributed by atoms with van der Waals surface area (Å²) >= 11 is 0. The van der Waals surface area contributed by atoms with Crippen LogP contribution in [0.5, 0.6) is 5.75 Å². The van der Waals surface area contributed by atoms with Crippen LogP contribution in [0.4, 0.5) is 11.4 Å². The maximum absolute atomic E-state index is 5.82. The van der Waals surface area contributed by atoms with Gasteiger partial charge in [-0.15, -0.1) is 0 Å². The van der Waals surface area contributed by atoms with Crippen LogP contribution < -0.4 is 15.8 Å². The molecule has 1 aliphatic heterocycles. The van der Waals surface area contributed by atoms with Crippen molar-refractivity contribution in [2.75, 3.05) is 24.2 Å². The molecule has 1 aromatic rings. The Labute approximate surface area is 84.3 Å². The molecule has 3 N–H and O–H groups in total. The van der Waals surface area contributed by atoms with Crippen molar-refractivity contribution >= 4 is 11.4 Å². The molecule has 0 saturated carbocycles. The third-order valence-corrected chi connectivity index (χ3v) is 2.43. The molecule has 0 amide bonds. The number of fused-ring (bicyclic) bond motifs is 1. The molecule has 3 heteroatoms. The first kappa shape index (κ1) is 9.19. The lowest BCUT2D eigenvalue weighted by atomic mass is 10.00. The van der Waals surface area contributed by atoms with Crippen LogP contribution >= 0.6 is 0 Å². The Balaban J connectivity index is 2.52. The fraction of sp³-hybridized carbons (Fsp3) is 0.455. The van der Waals surface area contributed by atoms with Gasteiger partial charge >= 0.3 is 0 Å². The number of nitrogen functional groups attached to an aromatic ring is 1. The van der Waals surface area contributed by atoms with Gasteiger partial charge in [-0.3, -0.25) is 0 Å². The van der Waals surface area contributed by atoms with Gasteiger partial charge in [-0.1, -0.05) is 13.8 Å². The van der Waals surface area contributed by atoms with E-state index in [0.29, 0.717) is 5.92 Å². The summed E-state index contributed by atoms with van der Waals surface area (Å²) in [5, 5.41) is 3.29. The molecule has 0 atom stereocenters. The Bertz CT molecular complexity index is 347. The fourth-order valence-corrected chi connectivity index (χ4v) is 1.73. The predicted molar refractivity (Wildman–Crippen MR) is 58.9 cm³/mol. The van der Waals surface area contributed by atoms with Gasteiger partial charge in [0.2, 0.25) is 0 Å². The molecule has 14 heavy (non-hydrogen) atoms. The topological polar surface area (TPSA) is 47.3 Å². The highest BCUT2D eigenvalue weighted by Crippen LogP contribution is 2.37. The van der Waals surface area contributed by atoms with E-state index >= 15 is 0 Å². The van der Waals surface area contributed by atoms with E-state index in [-0.39, 0.29) is 0 Å². The van der Waals surface area contributed by atoms with Crippen LogP contribution in [0.1, 0.15) is 25.3 Å². The summed E-state index contributed by atoms with van der Waals surface area (Å²) in [4.78, 5) is 0. The molecule has 1 heterocycles. The minimum Gasteiger partial charge on any atom is -0.489 e.